The van der Waals surface area contributed by atoms with Crippen LogP contribution in [0.1, 0.15) is 29.7 Å². The van der Waals surface area contributed by atoms with E-state index < -0.39 is 0 Å². The lowest BCUT2D eigenvalue weighted by molar-refractivity contribution is 0.624. The Morgan fingerprint density at radius 3 is 2.65 bits per heavy atom. The molecule has 1 N–H and O–H groups in total. The summed E-state index contributed by atoms with van der Waals surface area (Å²) in [5.74, 6) is 0.321. The number of aryl methyl sites for hydroxylation is 1. The zero-order valence-corrected chi connectivity index (χ0v) is 14.2. The first-order valence-corrected chi connectivity index (χ1v) is 8.39. The van der Waals surface area contributed by atoms with Crippen molar-refractivity contribution in [3.8, 4) is 0 Å². The molecule has 0 radical (unpaired) electrons. The predicted octanol–water partition coefficient (Wildman–Crippen LogP) is 3.42. The number of nitrogens with one attached hydrogen (secondary N) is 1. The second kappa shape index (κ2) is 6.87. The van der Waals surface area contributed by atoms with Crippen molar-refractivity contribution in [1.82, 2.24) is 25.3 Å². The Hall–Kier alpha value is -3.35. The SMILES string of the molecule is CCc1ccc([C@@H](Nc2ccc3nnnn3n2)c2cccc(F)c2)cc1. The van der Waals surface area contributed by atoms with E-state index in [9.17, 15) is 4.39 Å². The van der Waals surface area contributed by atoms with Crippen LogP contribution in [0.25, 0.3) is 5.65 Å². The molecule has 2 heterocycles. The number of tetrazole rings is 1. The van der Waals surface area contributed by atoms with Gasteiger partial charge in [-0.05, 0) is 57.8 Å². The van der Waals surface area contributed by atoms with Crippen molar-refractivity contribution in [2.75, 3.05) is 5.32 Å². The van der Waals surface area contributed by atoms with E-state index in [4.69, 9.17) is 0 Å². The molecule has 6 nitrogen and oxygen atoms in total. The van der Waals surface area contributed by atoms with Gasteiger partial charge in [-0.25, -0.2) is 4.39 Å². The van der Waals surface area contributed by atoms with Gasteiger partial charge >= 0.3 is 0 Å². The standard InChI is InChI=1S/C19H17FN6/c1-2-13-6-8-14(9-7-13)19(15-4-3-5-16(20)12-15)21-17-10-11-18-22-24-25-26(18)23-17/h3-12,19H,2H2,1H3,(H,21,23)/t19-/m1/s1. The largest absolute Gasteiger partial charge is 0.358 e. The number of benzene rings is 2. The number of fused-ring (bicyclic) bond motifs is 1. The molecule has 2 aromatic heterocycles. The fraction of sp³-hybridized carbons (Fsp3) is 0.158. The number of hydrogen-bond acceptors (Lipinski definition) is 5. The number of nitrogens with zero attached hydrogens (tertiary/aromatic N) is 5. The van der Waals surface area contributed by atoms with Gasteiger partial charge in [0, 0.05) is 0 Å². The summed E-state index contributed by atoms with van der Waals surface area (Å²) in [6, 6.07) is 18.2. The van der Waals surface area contributed by atoms with Crippen molar-refractivity contribution >= 4 is 11.5 Å². The first-order valence-electron chi connectivity index (χ1n) is 8.39. The third-order valence-corrected chi connectivity index (χ3v) is 4.27. The van der Waals surface area contributed by atoms with Crippen molar-refractivity contribution in [2.45, 2.75) is 19.4 Å². The van der Waals surface area contributed by atoms with Crippen LogP contribution in [0, 0.1) is 5.82 Å². The number of rotatable bonds is 5. The maximum absolute atomic E-state index is 13.8. The quantitative estimate of drug-likeness (QED) is 0.598. The summed E-state index contributed by atoms with van der Waals surface area (Å²) >= 11 is 0. The molecular formula is C19H17FN6. The molecule has 0 unspecified atom stereocenters. The monoisotopic (exact) mass is 348 g/mol. The molecule has 0 bridgehead atoms. The van der Waals surface area contributed by atoms with E-state index in [1.54, 1.807) is 18.2 Å². The van der Waals surface area contributed by atoms with Gasteiger partial charge in [0.1, 0.15) is 11.6 Å². The Balaban J connectivity index is 1.73. The number of halogens is 1. The zero-order valence-electron chi connectivity index (χ0n) is 14.2. The van der Waals surface area contributed by atoms with Gasteiger partial charge in [-0.15, -0.1) is 14.8 Å². The molecule has 0 saturated carbocycles. The highest BCUT2D eigenvalue weighted by atomic mass is 19.1. The Morgan fingerprint density at radius 2 is 1.88 bits per heavy atom. The lowest BCUT2D eigenvalue weighted by atomic mass is 9.97. The highest BCUT2D eigenvalue weighted by Gasteiger charge is 2.16. The number of aromatic nitrogens is 5. The Bertz CT molecular complexity index is 1030. The van der Waals surface area contributed by atoms with Gasteiger partial charge in [-0.3, -0.25) is 0 Å². The van der Waals surface area contributed by atoms with Gasteiger partial charge in [0.25, 0.3) is 0 Å². The molecule has 0 spiro atoms. The Kier molecular flexibility index (Phi) is 4.27. The Labute approximate surface area is 149 Å². The van der Waals surface area contributed by atoms with E-state index in [-0.39, 0.29) is 11.9 Å². The Morgan fingerprint density at radius 1 is 1.04 bits per heavy atom. The third-order valence-electron chi connectivity index (χ3n) is 4.27. The molecule has 4 aromatic rings. The lowest BCUT2D eigenvalue weighted by Gasteiger charge is -2.20. The first-order chi connectivity index (χ1) is 12.7. The minimum atomic E-state index is -0.275. The second-order valence-corrected chi connectivity index (χ2v) is 5.97. The summed E-state index contributed by atoms with van der Waals surface area (Å²) in [5.41, 5.74) is 3.64. The summed E-state index contributed by atoms with van der Waals surface area (Å²) < 4.78 is 15.1. The minimum Gasteiger partial charge on any atom is -0.358 e. The van der Waals surface area contributed by atoms with E-state index in [1.165, 1.54) is 22.3 Å². The van der Waals surface area contributed by atoms with Crippen LogP contribution in [0.5, 0.6) is 0 Å². The predicted molar refractivity (Wildman–Crippen MR) is 96.3 cm³/mol. The average Bonchev–Trinajstić information content (AvgIpc) is 3.14. The summed E-state index contributed by atoms with van der Waals surface area (Å²) in [4.78, 5) is 0. The molecule has 0 aliphatic heterocycles. The van der Waals surface area contributed by atoms with Crippen LogP contribution in [0.15, 0.2) is 60.7 Å². The van der Waals surface area contributed by atoms with Gasteiger partial charge in [0.05, 0.1) is 6.04 Å². The molecule has 26 heavy (non-hydrogen) atoms. The van der Waals surface area contributed by atoms with Crippen LogP contribution in [-0.4, -0.2) is 25.3 Å². The van der Waals surface area contributed by atoms with Crippen LogP contribution in [0.2, 0.25) is 0 Å². The van der Waals surface area contributed by atoms with Crippen molar-refractivity contribution < 1.29 is 4.39 Å². The normalized spacial score (nSPS) is 12.2. The number of hydrogen-bond donors (Lipinski definition) is 1. The van der Waals surface area contributed by atoms with Gasteiger partial charge in [-0.2, -0.15) is 0 Å². The smallest absolute Gasteiger partial charge is 0.200 e. The molecule has 4 rings (SSSR count). The minimum absolute atomic E-state index is 0.252. The van der Waals surface area contributed by atoms with Crippen LogP contribution >= 0.6 is 0 Å². The average molecular weight is 348 g/mol. The molecule has 7 heteroatoms. The van der Waals surface area contributed by atoms with Crippen molar-refractivity contribution in [2.24, 2.45) is 0 Å². The second-order valence-electron chi connectivity index (χ2n) is 5.97. The van der Waals surface area contributed by atoms with E-state index in [0.717, 1.165) is 17.5 Å². The van der Waals surface area contributed by atoms with E-state index in [0.29, 0.717) is 11.5 Å². The molecule has 0 amide bonds. The van der Waals surface area contributed by atoms with Crippen LogP contribution < -0.4 is 5.32 Å². The first kappa shape index (κ1) is 16.1. The highest BCUT2D eigenvalue weighted by Crippen LogP contribution is 2.27. The van der Waals surface area contributed by atoms with Crippen LogP contribution in [0.3, 0.4) is 0 Å². The third kappa shape index (κ3) is 3.23. The molecule has 0 fully saturated rings. The molecular weight excluding hydrogens is 331 g/mol. The fourth-order valence-corrected chi connectivity index (χ4v) is 2.87. The summed E-state index contributed by atoms with van der Waals surface area (Å²) in [6.07, 6.45) is 0.968. The van der Waals surface area contributed by atoms with Crippen molar-refractivity contribution in [1.29, 1.82) is 0 Å². The van der Waals surface area contributed by atoms with Crippen molar-refractivity contribution in [3.63, 3.8) is 0 Å². The molecule has 2 aromatic carbocycles. The molecule has 0 saturated heterocycles. The maximum Gasteiger partial charge on any atom is 0.200 e. The summed E-state index contributed by atoms with van der Waals surface area (Å²) in [6.45, 7) is 2.11. The maximum atomic E-state index is 13.8. The number of anilines is 1. The topological polar surface area (TPSA) is 68.0 Å². The molecule has 130 valence electrons. The van der Waals surface area contributed by atoms with Crippen molar-refractivity contribution in [3.05, 3.63) is 83.2 Å². The molecule has 0 aliphatic rings. The zero-order chi connectivity index (χ0) is 17.9. The van der Waals surface area contributed by atoms with E-state index >= 15 is 0 Å². The highest BCUT2D eigenvalue weighted by molar-refractivity contribution is 5.47. The molecule has 1 atom stereocenters. The van der Waals surface area contributed by atoms with Gasteiger partial charge < -0.3 is 5.32 Å². The van der Waals surface area contributed by atoms with Gasteiger partial charge in [-0.1, -0.05) is 43.3 Å². The van der Waals surface area contributed by atoms with E-state index in [2.05, 4.69) is 57.1 Å². The fourth-order valence-electron chi connectivity index (χ4n) is 2.87. The lowest BCUT2D eigenvalue weighted by Crippen LogP contribution is -2.14. The van der Waals surface area contributed by atoms with Gasteiger partial charge in [0.15, 0.2) is 5.65 Å². The summed E-state index contributed by atoms with van der Waals surface area (Å²) in [5, 5.41) is 19.0. The molecule has 0 aliphatic carbocycles. The van der Waals surface area contributed by atoms with Crippen LogP contribution in [0.4, 0.5) is 10.2 Å². The van der Waals surface area contributed by atoms with Gasteiger partial charge in [0.2, 0.25) is 0 Å². The van der Waals surface area contributed by atoms with Crippen LogP contribution in [-0.2, 0) is 6.42 Å². The summed E-state index contributed by atoms with van der Waals surface area (Å²) in [7, 11) is 0. The van der Waals surface area contributed by atoms with E-state index in [1.807, 2.05) is 6.07 Å².